The molecule has 0 N–H and O–H groups in total. The minimum atomic E-state index is 0. The molecule has 2 aliphatic rings. The summed E-state index contributed by atoms with van der Waals surface area (Å²) in [7, 11) is 0.750. The average molecular weight is 448 g/mol. The van der Waals surface area contributed by atoms with Gasteiger partial charge in [-0.05, 0) is 0 Å². The second-order valence-corrected chi connectivity index (χ2v) is 3.74. The summed E-state index contributed by atoms with van der Waals surface area (Å²) < 4.78 is 0. The summed E-state index contributed by atoms with van der Waals surface area (Å²) in [6.45, 7) is 4.42. The van der Waals surface area contributed by atoms with Crippen molar-refractivity contribution < 1.29 is 42.8 Å². The zero-order valence-electron chi connectivity index (χ0n) is 9.33. The Hall–Kier alpha value is 0.527. The number of hydrogen-bond acceptors (Lipinski definition) is 0. The SMILES string of the molecule is C[SiH]C.[Br-].[C-]1=CC=CC1.[C-]1=CC=CC1.[Hf]. The molecule has 0 amide bonds. The first-order valence-corrected chi connectivity index (χ1v) is 6.90. The molecule has 0 nitrogen and oxygen atoms in total. The van der Waals surface area contributed by atoms with Gasteiger partial charge in [0.25, 0.3) is 0 Å². The van der Waals surface area contributed by atoms with Crippen LogP contribution in [-0.2, 0) is 25.8 Å². The summed E-state index contributed by atoms with van der Waals surface area (Å²) in [5.74, 6) is 0. The molecule has 0 aromatic carbocycles. The Balaban J connectivity index is -0.000000140. The van der Waals surface area contributed by atoms with E-state index < -0.39 is 0 Å². The van der Waals surface area contributed by atoms with Gasteiger partial charge in [-0.15, -0.1) is 12.8 Å². The van der Waals surface area contributed by atoms with Gasteiger partial charge in [-0.2, -0.15) is 12.2 Å². The third-order valence-electron chi connectivity index (χ3n) is 1.17. The van der Waals surface area contributed by atoms with Gasteiger partial charge in [-0.25, -0.2) is 24.3 Å². The van der Waals surface area contributed by atoms with Crippen molar-refractivity contribution in [2.24, 2.45) is 0 Å². The van der Waals surface area contributed by atoms with Gasteiger partial charge in [0.2, 0.25) is 0 Å². The van der Waals surface area contributed by atoms with Gasteiger partial charge in [-0.3, -0.25) is 12.2 Å². The molecule has 1 radical (unpaired) electrons. The van der Waals surface area contributed by atoms with E-state index in [2.05, 4.69) is 37.4 Å². The Morgan fingerprint density at radius 2 is 1.27 bits per heavy atom. The van der Waals surface area contributed by atoms with E-state index in [-0.39, 0.29) is 42.8 Å². The van der Waals surface area contributed by atoms with E-state index in [9.17, 15) is 0 Å². The van der Waals surface area contributed by atoms with Crippen molar-refractivity contribution in [1.29, 1.82) is 0 Å². The van der Waals surface area contributed by atoms with Crippen LogP contribution in [0.4, 0.5) is 0 Å². The molecule has 0 saturated heterocycles. The van der Waals surface area contributed by atoms with Gasteiger partial charge < -0.3 is 17.0 Å². The van der Waals surface area contributed by atoms with Crippen LogP contribution in [0.15, 0.2) is 36.5 Å². The molecule has 2 rings (SSSR count). The molecule has 2 aliphatic carbocycles. The first kappa shape index (κ1) is 20.9. The van der Waals surface area contributed by atoms with Crippen molar-refractivity contribution in [2.75, 3.05) is 0 Å². The Kier molecular flexibility index (Phi) is 27.8. The first-order valence-electron chi connectivity index (χ1n) is 4.59. The van der Waals surface area contributed by atoms with Crippen LogP contribution >= 0.6 is 0 Å². The van der Waals surface area contributed by atoms with Crippen LogP contribution in [0.3, 0.4) is 0 Å². The molecule has 0 aromatic rings. The Morgan fingerprint density at radius 1 is 0.933 bits per heavy atom. The summed E-state index contributed by atoms with van der Waals surface area (Å²) in [6.07, 6.45) is 20.0. The molecule has 0 fully saturated rings. The van der Waals surface area contributed by atoms with Crippen molar-refractivity contribution in [2.45, 2.75) is 25.9 Å². The molecular formula is C12H17BrHfSi-3. The van der Waals surface area contributed by atoms with Crippen LogP contribution < -0.4 is 17.0 Å². The average Bonchev–Trinajstić information content (AvgIpc) is 2.85. The van der Waals surface area contributed by atoms with Gasteiger partial charge in [0.1, 0.15) is 0 Å². The molecule has 0 bridgehead atoms. The molecule has 0 saturated carbocycles. The predicted molar refractivity (Wildman–Crippen MR) is 62.0 cm³/mol. The van der Waals surface area contributed by atoms with Crippen LogP contribution in [0.1, 0.15) is 12.8 Å². The van der Waals surface area contributed by atoms with Crippen molar-refractivity contribution in [3.63, 3.8) is 0 Å². The maximum absolute atomic E-state index is 2.99. The standard InChI is InChI=1S/2C5H5.C2H7Si.BrH.Hf/c2*1-2-4-5-3-1;1-3-2;;/h2*1-3H,4H2;3H,1-2H3;1H;/q2*-1;;;/p-1. The zero-order valence-corrected chi connectivity index (χ0v) is 15.7. The van der Waals surface area contributed by atoms with E-state index in [4.69, 9.17) is 0 Å². The molecule has 15 heavy (non-hydrogen) atoms. The summed E-state index contributed by atoms with van der Waals surface area (Å²) >= 11 is 0. The van der Waals surface area contributed by atoms with E-state index in [0.29, 0.717) is 0 Å². The Morgan fingerprint density at radius 3 is 1.33 bits per heavy atom. The monoisotopic (exact) mass is 448 g/mol. The van der Waals surface area contributed by atoms with E-state index >= 15 is 0 Å². The fourth-order valence-electron chi connectivity index (χ4n) is 0.680. The smallest absolute Gasteiger partial charge is 0.0213 e. The fourth-order valence-corrected chi connectivity index (χ4v) is 0.680. The summed E-state index contributed by atoms with van der Waals surface area (Å²) in [5.41, 5.74) is 0. The van der Waals surface area contributed by atoms with Gasteiger partial charge in [-0.1, -0.05) is 13.1 Å². The first-order chi connectivity index (χ1) is 6.41. The predicted octanol–water partition coefficient (Wildman–Crippen LogP) is 0.132. The number of rotatable bonds is 0. The largest absolute Gasteiger partial charge is 1.00 e. The van der Waals surface area contributed by atoms with Crippen LogP contribution in [0.25, 0.3) is 0 Å². The normalized spacial score (nSPS) is 12.9. The van der Waals surface area contributed by atoms with Crippen molar-refractivity contribution in [3.8, 4) is 0 Å². The molecule has 0 spiro atoms. The van der Waals surface area contributed by atoms with E-state index in [1.165, 1.54) is 0 Å². The zero-order chi connectivity index (χ0) is 9.78. The van der Waals surface area contributed by atoms with Crippen LogP contribution in [0.5, 0.6) is 0 Å². The minimum Gasteiger partial charge on any atom is -1.00 e. The van der Waals surface area contributed by atoms with Gasteiger partial charge in [0, 0.05) is 35.4 Å². The fraction of sp³-hybridized carbons (Fsp3) is 0.333. The number of hydrogen-bond donors (Lipinski definition) is 0. The Bertz CT molecular complexity index is 166. The molecular weight excluding hydrogens is 431 g/mol. The molecule has 0 aliphatic heterocycles. The molecule has 0 unspecified atom stereocenters. The van der Waals surface area contributed by atoms with Crippen molar-refractivity contribution >= 4 is 9.52 Å². The quantitative estimate of drug-likeness (QED) is 0.366. The van der Waals surface area contributed by atoms with E-state index in [1.54, 1.807) is 0 Å². The summed E-state index contributed by atoms with van der Waals surface area (Å²) in [4.78, 5) is 0. The van der Waals surface area contributed by atoms with Crippen LogP contribution in [0, 0.1) is 12.2 Å². The number of halogens is 1. The van der Waals surface area contributed by atoms with Crippen LogP contribution in [0.2, 0.25) is 13.1 Å². The topological polar surface area (TPSA) is 0 Å². The van der Waals surface area contributed by atoms with Crippen molar-refractivity contribution in [3.05, 3.63) is 48.6 Å². The summed E-state index contributed by atoms with van der Waals surface area (Å²) in [5, 5.41) is 0. The number of allylic oxidation sites excluding steroid dienone is 8. The molecule has 3 heteroatoms. The summed E-state index contributed by atoms with van der Waals surface area (Å²) in [6, 6.07) is 0. The third-order valence-corrected chi connectivity index (χ3v) is 1.17. The van der Waals surface area contributed by atoms with Gasteiger partial charge in [0.15, 0.2) is 0 Å². The molecule has 0 heterocycles. The maximum atomic E-state index is 2.99. The van der Waals surface area contributed by atoms with Crippen molar-refractivity contribution in [1.82, 2.24) is 0 Å². The van der Waals surface area contributed by atoms with E-state index in [1.807, 2.05) is 24.3 Å². The third kappa shape index (κ3) is 20.6. The second kappa shape index (κ2) is 20.0. The molecule has 0 aromatic heterocycles. The molecule has 83 valence electrons. The second-order valence-electron chi connectivity index (χ2n) is 2.58. The minimum absolute atomic E-state index is 0. The maximum Gasteiger partial charge on any atom is 0.0213 e. The van der Waals surface area contributed by atoms with Gasteiger partial charge >= 0.3 is 0 Å². The molecule has 0 atom stereocenters. The van der Waals surface area contributed by atoms with E-state index in [0.717, 1.165) is 22.4 Å². The Labute approximate surface area is 126 Å². The van der Waals surface area contributed by atoms with Gasteiger partial charge in [0.05, 0.1) is 0 Å². The van der Waals surface area contributed by atoms with Crippen LogP contribution in [-0.4, -0.2) is 9.52 Å².